The van der Waals surface area contributed by atoms with Crippen LogP contribution in [0.25, 0.3) is 0 Å². The van der Waals surface area contributed by atoms with Crippen LogP contribution in [-0.2, 0) is 0 Å². The monoisotopic (exact) mass is 303 g/mol. The van der Waals surface area contributed by atoms with Gasteiger partial charge in [-0.1, -0.05) is 39.0 Å². The summed E-state index contributed by atoms with van der Waals surface area (Å²) < 4.78 is 0. The Labute approximate surface area is 133 Å². The van der Waals surface area contributed by atoms with E-state index in [-0.39, 0.29) is 0 Å². The molecule has 21 heavy (non-hydrogen) atoms. The lowest BCUT2D eigenvalue weighted by molar-refractivity contribution is 0.265. The average Bonchev–Trinajstić information content (AvgIpc) is 2.37. The smallest absolute Gasteiger partial charge is 0.191 e. The summed E-state index contributed by atoms with van der Waals surface area (Å²) >= 11 is 5.32. The predicted molar refractivity (Wildman–Crippen MR) is 94.8 cm³/mol. The largest absolute Gasteiger partial charge is 0.331 e. The second-order valence-corrected chi connectivity index (χ2v) is 7.32. The number of para-hydroxylation sites is 1. The number of nitrogens with one attached hydrogen (secondary N) is 2. The topological polar surface area (TPSA) is 36.4 Å². The second kappa shape index (κ2) is 6.56. The fourth-order valence-corrected chi connectivity index (χ4v) is 3.35. The lowest BCUT2D eigenvalue weighted by atomic mass is 9.72. The van der Waals surface area contributed by atoms with Crippen LogP contribution in [0.1, 0.15) is 45.6 Å². The molecule has 1 saturated carbocycles. The van der Waals surface area contributed by atoms with Crippen LogP contribution in [0.15, 0.2) is 29.4 Å². The fraction of sp³-hybridized carbons (Fsp3) is 0.529. The van der Waals surface area contributed by atoms with Crippen molar-refractivity contribution in [3.8, 4) is 0 Å². The minimum atomic E-state index is 0.337. The molecule has 3 nitrogen and oxygen atoms in total. The Balaban J connectivity index is 1.94. The van der Waals surface area contributed by atoms with Crippen molar-refractivity contribution < 1.29 is 0 Å². The second-order valence-electron chi connectivity index (χ2n) is 6.91. The minimum Gasteiger partial charge on any atom is -0.331 e. The van der Waals surface area contributed by atoms with Gasteiger partial charge in [-0.05, 0) is 61.4 Å². The number of rotatable bonds is 2. The fourth-order valence-electron chi connectivity index (χ4n) is 3.19. The number of nitrogens with zero attached hydrogens (tertiary/aromatic N) is 1. The first kappa shape index (κ1) is 16.0. The third-order valence-electron chi connectivity index (χ3n) is 3.88. The molecule has 1 atom stereocenters. The van der Waals surface area contributed by atoms with Crippen molar-refractivity contribution in [1.29, 1.82) is 0 Å². The molecule has 0 saturated heterocycles. The molecule has 0 radical (unpaired) electrons. The molecule has 4 heteroatoms. The van der Waals surface area contributed by atoms with E-state index in [1.807, 2.05) is 18.2 Å². The first-order valence-electron chi connectivity index (χ1n) is 7.54. The van der Waals surface area contributed by atoms with E-state index in [0.29, 0.717) is 16.4 Å². The molecule has 0 bridgehead atoms. The summed E-state index contributed by atoms with van der Waals surface area (Å²) in [6.45, 7) is 8.96. The van der Waals surface area contributed by atoms with Crippen molar-refractivity contribution >= 4 is 28.7 Å². The Morgan fingerprint density at radius 1 is 1.33 bits per heavy atom. The quantitative estimate of drug-likeness (QED) is 0.624. The molecule has 1 aromatic rings. The Morgan fingerprint density at radius 2 is 2.05 bits per heavy atom. The van der Waals surface area contributed by atoms with Crippen LogP contribution in [0, 0.1) is 18.3 Å². The maximum absolute atomic E-state index is 5.32. The highest BCUT2D eigenvalue weighted by molar-refractivity contribution is 7.80. The van der Waals surface area contributed by atoms with Gasteiger partial charge in [0, 0.05) is 11.4 Å². The Kier molecular flexibility index (Phi) is 4.99. The van der Waals surface area contributed by atoms with Crippen LogP contribution < -0.4 is 10.7 Å². The number of anilines is 1. The normalized spacial score (nSPS) is 22.9. The van der Waals surface area contributed by atoms with E-state index in [1.165, 1.54) is 17.7 Å². The summed E-state index contributed by atoms with van der Waals surface area (Å²) in [5.74, 6) is 0.687. The molecule has 2 N–H and O–H groups in total. The van der Waals surface area contributed by atoms with Crippen molar-refractivity contribution in [1.82, 2.24) is 5.43 Å². The van der Waals surface area contributed by atoms with Gasteiger partial charge >= 0.3 is 0 Å². The molecule has 2 rings (SSSR count). The Hall–Kier alpha value is -1.42. The van der Waals surface area contributed by atoms with Crippen molar-refractivity contribution in [2.75, 3.05) is 5.32 Å². The Bertz CT molecular complexity index is 549. The van der Waals surface area contributed by atoms with Crippen LogP contribution in [0.4, 0.5) is 5.69 Å². The number of hydrogen-bond acceptors (Lipinski definition) is 2. The van der Waals surface area contributed by atoms with Gasteiger partial charge in [0.15, 0.2) is 5.11 Å². The van der Waals surface area contributed by atoms with Gasteiger partial charge in [-0.25, -0.2) is 0 Å². The van der Waals surface area contributed by atoms with E-state index in [9.17, 15) is 0 Å². The predicted octanol–water partition coefficient (Wildman–Crippen LogP) is 4.48. The average molecular weight is 303 g/mol. The molecule has 0 aliphatic heterocycles. The van der Waals surface area contributed by atoms with Gasteiger partial charge < -0.3 is 5.32 Å². The van der Waals surface area contributed by atoms with Crippen molar-refractivity contribution in [2.24, 2.45) is 16.4 Å². The van der Waals surface area contributed by atoms with Crippen molar-refractivity contribution in [2.45, 2.75) is 47.0 Å². The molecular weight excluding hydrogens is 278 g/mol. The van der Waals surface area contributed by atoms with Crippen LogP contribution in [0.2, 0.25) is 0 Å². The summed E-state index contributed by atoms with van der Waals surface area (Å²) in [5.41, 5.74) is 6.74. The summed E-state index contributed by atoms with van der Waals surface area (Å²) in [6.07, 6.45) is 3.36. The lowest BCUT2D eigenvalue weighted by Crippen LogP contribution is -2.31. The van der Waals surface area contributed by atoms with Gasteiger partial charge in [0.1, 0.15) is 0 Å². The molecule has 1 aliphatic carbocycles. The highest BCUT2D eigenvalue weighted by atomic mass is 32.1. The van der Waals surface area contributed by atoms with Gasteiger partial charge in [-0.2, -0.15) is 5.10 Å². The highest BCUT2D eigenvalue weighted by Crippen LogP contribution is 2.36. The van der Waals surface area contributed by atoms with Gasteiger partial charge in [0.2, 0.25) is 0 Å². The number of hydrazone groups is 1. The molecule has 114 valence electrons. The van der Waals surface area contributed by atoms with Crippen LogP contribution in [0.5, 0.6) is 0 Å². The maximum Gasteiger partial charge on any atom is 0.191 e. The van der Waals surface area contributed by atoms with E-state index in [0.717, 1.165) is 18.5 Å². The number of benzene rings is 1. The van der Waals surface area contributed by atoms with E-state index < -0.39 is 0 Å². The highest BCUT2D eigenvalue weighted by Gasteiger charge is 2.29. The van der Waals surface area contributed by atoms with Gasteiger partial charge in [-0.15, -0.1) is 0 Å². The Morgan fingerprint density at radius 3 is 2.71 bits per heavy atom. The molecule has 1 aromatic carbocycles. The van der Waals surface area contributed by atoms with Gasteiger partial charge in [-0.3, -0.25) is 5.43 Å². The third-order valence-corrected chi connectivity index (χ3v) is 4.07. The molecule has 0 amide bonds. The van der Waals surface area contributed by atoms with E-state index >= 15 is 0 Å². The van der Waals surface area contributed by atoms with Crippen LogP contribution >= 0.6 is 12.2 Å². The van der Waals surface area contributed by atoms with Crippen molar-refractivity contribution in [3.63, 3.8) is 0 Å². The number of thiocarbonyl (C=S) groups is 1. The number of hydrogen-bond donors (Lipinski definition) is 2. The third kappa shape index (κ3) is 4.81. The van der Waals surface area contributed by atoms with E-state index in [1.54, 1.807) is 0 Å². The standard InChI is InChI=1S/C17H25N3S/c1-12-9-14(11-17(3,4)10-12)19-20-16(21)18-15-8-6-5-7-13(15)2/h5-8,12H,9-11H2,1-4H3,(H2,18,20,21). The molecule has 0 spiro atoms. The van der Waals surface area contributed by atoms with E-state index in [2.05, 4.69) is 49.6 Å². The molecule has 1 unspecified atom stereocenters. The first-order chi connectivity index (χ1) is 9.85. The maximum atomic E-state index is 5.32. The minimum absolute atomic E-state index is 0.337. The summed E-state index contributed by atoms with van der Waals surface area (Å²) in [5, 5.41) is 8.26. The van der Waals surface area contributed by atoms with Crippen molar-refractivity contribution in [3.05, 3.63) is 29.8 Å². The lowest BCUT2D eigenvalue weighted by Gasteiger charge is -2.34. The summed E-state index contributed by atoms with van der Waals surface area (Å²) in [4.78, 5) is 0. The molecule has 0 heterocycles. The molecule has 1 aliphatic rings. The first-order valence-corrected chi connectivity index (χ1v) is 7.94. The summed E-state index contributed by atoms with van der Waals surface area (Å²) in [6, 6.07) is 8.09. The SMILES string of the molecule is Cc1ccccc1NC(=S)NN=C1CC(C)CC(C)(C)C1. The van der Waals surface area contributed by atoms with Gasteiger partial charge in [0.25, 0.3) is 0 Å². The zero-order valence-corrected chi connectivity index (χ0v) is 14.2. The van der Waals surface area contributed by atoms with Gasteiger partial charge in [0.05, 0.1) is 0 Å². The zero-order chi connectivity index (χ0) is 15.5. The van der Waals surface area contributed by atoms with E-state index in [4.69, 9.17) is 12.2 Å². The number of aryl methyl sites for hydroxylation is 1. The summed E-state index contributed by atoms with van der Waals surface area (Å²) in [7, 11) is 0. The van der Waals surface area contributed by atoms with Crippen LogP contribution in [0.3, 0.4) is 0 Å². The molecule has 1 fully saturated rings. The molecule has 0 aromatic heterocycles. The van der Waals surface area contributed by atoms with Crippen LogP contribution in [-0.4, -0.2) is 10.8 Å². The molecular formula is C17H25N3S. The zero-order valence-electron chi connectivity index (χ0n) is 13.4.